The first-order chi connectivity index (χ1) is 3.31. The lowest BCUT2D eigenvalue weighted by molar-refractivity contribution is -0.155. The fraction of sp³-hybridized carbons (Fsp3) is 1.00. The Morgan fingerprint density at radius 2 is 2.29 bits per heavy atom. The predicted octanol–water partition coefficient (Wildman–Crippen LogP) is 0.967. The average molecular weight is 119 g/mol. The van der Waals surface area contributed by atoms with Gasteiger partial charge in [-0.15, -0.1) is 4.74 Å². The smallest absolute Gasteiger partial charge is 0.162 e. The van der Waals surface area contributed by atoms with Gasteiger partial charge in [0.1, 0.15) is 6.16 Å². The maximum atomic E-state index is 10.4. The van der Waals surface area contributed by atoms with Crippen LogP contribution in [0.3, 0.4) is 0 Å². The van der Waals surface area contributed by atoms with E-state index in [1.165, 1.54) is 0 Å². The molecule has 0 spiro atoms. The van der Waals surface area contributed by atoms with Crippen LogP contribution in [-0.2, 0) is 0 Å². The SMILES string of the molecule is CCC[P+]([O-])=NC. The van der Waals surface area contributed by atoms with Crippen molar-refractivity contribution in [1.82, 2.24) is 0 Å². The van der Waals surface area contributed by atoms with E-state index in [1.54, 1.807) is 7.05 Å². The summed E-state index contributed by atoms with van der Waals surface area (Å²) in [5, 5.41) is 0. The van der Waals surface area contributed by atoms with Gasteiger partial charge in [0.15, 0.2) is 7.94 Å². The van der Waals surface area contributed by atoms with E-state index in [0.717, 1.165) is 12.6 Å². The van der Waals surface area contributed by atoms with Gasteiger partial charge in [0, 0.05) is 0 Å². The van der Waals surface area contributed by atoms with E-state index < -0.39 is 7.94 Å². The van der Waals surface area contributed by atoms with Crippen LogP contribution in [0, 0.1) is 0 Å². The highest BCUT2D eigenvalue weighted by Crippen LogP contribution is 2.11. The average Bonchev–Trinajstić information content (AvgIpc) is 1.68. The van der Waals surface area contributed by atoms with Gasteiger partial charge in [-0.3, -0.25) is 0 Å². The van der Waals surface area contributed by atoms with Crippen molar-refractivity contribution in [3.8, 4) is 0 Å². The Balaban J connectivity index is 3.17. The molecule has 0 fully saturated rings. The molecule has 0 aromatic carbocycles. The van der Waals surface area contributed by atoms with E-state index in [-0.39, 0.29) is 0 Å². The summed E-state index contributed by atoms with van der Waals surface area (Å²) in [6, 6.07) is 0. The van der Waals surface area contributed by atoms with Gasteiger partial charge in [-0.25, -0.2) is 0 Å². The van der Waals surface area contributed by atoms with Crippen LogP contribution in [0.15, 0.2) is 4.74 Å². The lowest BCUT2D eigenvalue weighted by Gasteiger charge is -1.86. The summed E-state index contributed by atoms with van der Waals surface area (Å²) in [6.45, 7) is 2.00. The largest absolute Gasteiger partial charge is 0.612 e. The van der Waals surface area contributed by atoms with Crippen molar-refractivity contribution in [1.29, 1.82) is 0 Å². The van der Waals surface area contributed by atoms with Crippen LogP contribution in [-0.4, -0.2) is 13.2 Å². The minimum Gasteiger partial charge on any atom is -0.612 e. The predicted molar refractivity (Wildman–Crippen MR) is 30.4 cm³/mol. The van der Waals surface area contributed by atoms with E-state index in [9.17, 15) is 4.89 Å². The van der Waals surface area contributed by atoms with E-state index in [4.69, 9.17) is 0 Å². The van der Waals surface area contributed by atoms with Crippen molar-refractivity contribution in [3.05, 3.63) is 0 Å². The Bertz CT molecular complexity index is 72.1. The molecule has 0 aliphatic rings. The number of rotatable bonds is 2. The summed E-state index contributed by atoms with van der Waals surface area (Å²) in [4.78, 5) is 10.4. The molecule has 1 unspecified atom stereocenters. The molecular weight excluding hydrogens is 109 g/mol. The first kappa shape index (κ1) is 7.06. The minimum absolute atomic E-state index is 0.742. The van der Waals surface area contributed by atoms with Gasteiger partial charge < -0.3 is 4.89 Å². The van der Waals surface area contributed by atoms with E-state index in [1.807, 2.05) is 6.92 Å². The Morgan fingerprint density at radius 3 is 2.43 bits per heavy atom. The lowest BCUT2D eigenvalue weighted by atomic mass is 10.6. The molecule has 7 heavy (non-hydrogen) atoms. The van der Waals surface area contributed by atoms with Crippen molar-refractivity contribution in [3.63, 3.8) is 0 Å². The first-order valence-electron chi connectivity index (χ1n) is 2.35. The maximum absolute atomic E-state index is 10.4. The van der Waals surface area contributed by atoms with Gasteiger partial charge in [0.05, 0.1) is 7.05 Å². The highest BCUT2D eigenvalue weighted by molar-refractivity contribution is 7.39. The van der Waals surface area contributed by atoms with Gasteiger partial charge in [-0.05, 0) is 6.42 Å². The van der Waals surface area contributed by atoms with Gasteiger partial charge in [0.2, 0.25) is 0 Å². The molecular formula is C4H10NOP. The molecule has 0 N–H and O–H groups in total. The zero-order chi connectivity index (χ0) is 5.70. The van der Waals surface area contributed by atoms with Gasteiger partial charge in [0.25, 0.3) is 0 Å². The van der Waals surface area contributed by atoms with Gasteiger partial charge in [-0.1, -0.05) is 6.92 Å². The molecule has 0 saturated heterocycles. The molecule has 0 rings (SSSR count). The molecule has 2 nitrogen and oxygen atoms in total. The normalized spacial score (nSPS) is 12.1. The molecule has 1 atom stereocenters. The van der Waals surface area contributed by atoms with E-state index in [2.05, 4.69) is 4.74 Å². The third kappa shape index (κ3) is 3.90. The Morgan fingerprint density at radius 1 is 1.71 bits per heavy atom. The zero-order valence-electron chi connectivity index (χ0n) is 4.72. The zero-order valence-corrected chi connectivity index (χ0v) is 5.61. The molecule has 0 amide bonds. The summed E-state index contributed by atoms with van der Waals surface area (Å²) < 4.78 is 3.59. The maximum Gasteiger partial charge on any atom is 0.162 e. The van der Waals surface area contributed by atoms with Crippen molar-refractivity contribution in [2.45, 2.75) is 13.3 Å². The molecule has 42 valence electrons. The molecule has 0 aliphatic carbocycles. The summed E-state index contributed by atoms with van der Waals surface area (Å²) >= 11 is 0. The topological polar surface area (TPSA) is 35.4 Å². The summed E-state index contributed by atoms with van der Waals surface area (Å²) in [5.74, 6) is 0. The highest BCUT2D eigenvalue weighted by Gasteiger charge is 1.88. The van der Waals surface area contributed by atoms with Crippen LogP contribution in [0.25, 0.3) is 0 Å². The summed E-state index contributed by atoms with van der Waals surface area (Å²) in [7, 11) is 0.388. The fourth-order valence-electron chi connectivity index (χ4n) is 0.291. The van der Waals surface area contributed by atoms with Crippen molar-refractivity contribution < 1.29 is 4.89 Å². The summed E-state index contributed by atoms with van der Waals surface area (Å²) in [6.07, 6.45) is 1.71. The second-order valence-electron chi connectivity index (χ2n) is 1.28. The monoisotopic (exact) mass is 119 g/mol. The first-order valence-corrected chi connectivity index (χ1v) is 3.75. The number of nitrogens with zero attached hydrogens (tertiary/aromatic N) is 1. The van der Waals surface area contributed by atoms with Crippen LogP contribution in [0.5, 0.6) is 0 Å². The fourth-order valence-corrected chi connectivity index (χ4v) is 0.874. The molecule has 0 heterocycles. The Kier molecular flexibility index (Phi) is 4.26. The third-order valence-electron chi connectivity index (χ3n) is 0.638. The molecule has 0 radical (unpaired) electrons. The molecule has 3 heteroatoms. The van der Waals surface area contributed by atoms with E-state index >= 15 is 0 Å². The lowest BCUT2D eigenvalue weighted by Crippen LogP contribution is -1.88. The van der Waals surface area contributed by atoms with Gasteiger partial charge in [-0.2, -0.15) is 0 Å². The third-order valence-corrected chi connectivity index (χ3v) is 1.91. The number of hydrogen-bond acceptors (Lipinski definition) is 2. The molecule has 0 aliphatic heterocycles. The molecule has 0 aromatic heterocycles. The van der Waals surface area contributed by atoms with Crippen molar-refractivity contribution in [2.24, 2.45) is 4.74 Å². The summed E-state index contributed by atoms with van der Waals surface area (Å²) in [5.41, 5.74) is 0. The van der Waals surface area contributed by atoms with Crippen LogP contribution < -0.4 is 4.89 Å². The second kappa shape index (κ2) is 4.23. The van der Waals surface area contributed by atoms with Gasteiger partial charge >= 0.3 is 0 Å². The van der Waals surface area contributed by atoms with Crippen LogP contribution in [0.1, 0.15) is 13.3 Å². The molecule has 0 bridgehead atoms. The quantitative estimate of drug-likeness (QED) is 0.499. The minimum atomic E-state index is -1.20. The van der Waals surface area contributed by atoms with E-state index in [0.29, 0.717) is 0 Å². The standard InChI is InChI=1S/C4H10NOP/c1-3-4-7(6)5-2/h3-4H2,1-2H3. The Labute approximate surface area is 45.1 Å². The van der Waals surface area contributed by atoms with Crippen molar-refractivity contribution in [2.75, 3.05) is 13.2 Å². The second-order valence-corrected chi connectivity index (χ2v) is 2.83. The van der Waals surface area contributed by atoms with Crippen molar-refractivity contribution >= 4 is 7.94 Å². The Hall–Kier alpha value is 0.0600. The van der Waals surface area contributed by atoms with Crippen LogP contribution in [0.2, 0.25) is 0 Å². The molecule has 0 saturated carbocycles. The van der Waals surface area contributed by atoms with Crippen LogP contribution >= 0.6 is 7.94 Å². The number of hydrogen-bond donors (Lipinski definition) is 0. The highest BCUT2D eigenvalue weighted by atomic mass is 31.1. The van der Waals surface area contributed by atoms with Crippen LogP contribution in [0.4, 0.5) is 0 Å². The molecule has 0 aromatic rings.